The van der Waals surface area contributed by atoms with E-state index >= 15 is 0 Å². The summed E-state index contributed by atoms with van der Waals surface area (Å²) in [5.41, 5.74) is 2.42. The van der Waals surface area contributed by atoms with Crippen molar-refractivity contribution in [2.45, 2.75) is 13.0 Å². The number of phenols is 1. The van der Waals surface area contributed by atoms with E-state index in [1.54, 1.807) is 42.5 Å². The van der Waals surface area contributed by atoms with Gasteiger partial charge < -0.3 is 15.2 Å². The van der Waals surface area contributed by atoms with E-state index in [0.717, 1.165) is 20.8 Å². The maximum atomic E-state index is 12.3. The van der Waals surface area contributed by atoms with Crippen LogP contribution in [0.5, 0.6) is 11.5 Å². The van der Waals surface area contributed by atoms with Crippen LogP contribution < -0.4 is 10.1 Å². The maximum Gasteiger partial charge on any atom is 0.265 e. The van der Waals surface area contributed by atoms with Gasteiger partial charge in [-0.1, -0.05) is 30.3 Å². The number of hydrogen-bond acceptors (Lipinski definition) is 5. The zero-order valence-electron chi connectivity index (χ0n) is 15.1. The number of benzene rings is 3. The molecule has 0 spiro atoms. The molecule has 2 N–H and O–H groups in total. The van der Waals surface area contributed by atoms with Gasteiger partial charge in [-0.05, 0) is 49.4 Å². The highest BCUT2D eigenvalue weighted by molar-refractivity contribution is 7.21. The lowest BCUT2D eigenvalue weighted by molar-refractivity contribution is -0.122. The number of amides is 1. The number of phenolic OH excluding ortho intramolecular Hbond substituents is 1. The topological polar surface area (TPSA) is 71.5 Å². The number of hydrogen-bond donors (Lipinski definition) is 2. The van der Waals surface area contributed by atoms with Crippen LogP contribution in [-0.2, 0) is 4.79 Å². The third kappa shape index (κ3) is 3.82. The second kappa shape index (κ2) is 7.70. The minimum atomic E-state index is -0.764. The van der Waals surface area contributed by atoms with Crippen LogP contribution in [0.1, 0.15) is 6.92 Å². The third-order valence-electron chi connectivity index (χ3n) is 4.21. The minimum Gasteiger partial charge on any atom is -0.504 e. The van der Waals surface area contributed by atoms with Crippen LogP contribution in [0.15, 0.2) is 72.8 Å². The summed E-state index contributed by atoms with van der Waals surface area (Å²) in [5, 5.41) is 14.0. The van der Waals surface area contributed by atoms with Gasteiger partial charge in [-0.3, -0.25) is 4.79 Å². The number of carbonyl (C=O) groups excluding carboxylic acids is 1. The molecule has 1 unspecified atom stereocenters. The predicted molar refractivity (Wildman–Crippen MR) is 112 cm³/mol. The lowest BCUT2D eigenvalue weighted by Gasteiger charge is -2.16. The normalized spacial score (nSPS) is 11.9. The Morgan fingerprint density at radius 2 is 1.82 bits per heavy atom. The van der Waals surface area contributed by atoms with Crippen molar-refractivity contribution in [3.05, 3.63) is 72.8 Å². The van der Waals surface area contributed by atoms with Crippen molar-refractivity contribution in [1.82, 2.24) is 4.98 Å². The Bertz CT molecular complexity index is 1090. The Morgan fingerprint density at radius 3 is 2.57 bits per heavy atom. The zero-order chi connectivity index (χ0) is 19.5. The number of carbonyl (C=O) groups is 1. The average Bonchev–Trinajstić information content (AvgIpc) is 3.14. The molecule has 0 fully saturated rings. The van der Waals surface area contributed by atoms with Gasteiger partial charge in [0, 0.05) is 11.3 Å². The zero-order valence-corrected chi connectivity index (χ0v) is 15.9. The van der Waals surface area contributed by atoms with E-state index < -0.39 is 6.10 Å². The van der Waals surface area contributed by atoms with Gasteiger partial charge in [0.2, 0.25) is 0 Å². The van der Waals surface area contributed by atoms with E-state index in [1.807, 2.05) is 48.5 Å². The van der Waals surface area contributed by atoms with Gasteiger partial charge in [-0.15, -0.1) is 11.3 Å². The van der Waals surface area contributed by atoms with E-state index in [9.17, 15) is 9.90 Å². The van der Waals surface area contributed by atoms with E-state index in [2.05, 4.69) is 10.3 Å². The van der Waals surface area contributed by atoms with E-state index in [0.29, 0.717) is 5.69 Å². The molecule has 0 radical (unpaired) electrons. The lowest BCUT2D eigenvalue weighted by Crippen LogP contribution is -2.30. The smallest absolute Gasteiger partial charge is 0.265 e. The van der Waals surface area contributed by atoms with Crippen LogP contribution in [0.3, 0.4) is 0 Å². The first-order chi connectivity index (χ1) is 13.6. The fraction of sp³-hybridized carbons (Fsp3) is 0.0909. The number of fused-ring (bicyclic) bond motifs is 1. The summed E-state index contributed by atoms with van der Waals surface area (Å²) >= 11 is 1.56. The Hall–Kier alpha value is -3.38. The van der Waals surface area contributed by atoms with Crippen LogP contribution in [0, 0.1) is 0 Å². The molecule has 0 saturated carbocycles. The van der Waals surface area contributed by atoms with Gasteiger partial charge in [0.25, 0.3) is 5.91 Å². The molecule has 1 aromatic heterocycles. The third-order valence-corrected chi connectivity index (χ3v) is 5.30. The van der Waals surface area contributed by atoms with Crippen molar-refractivity contribution in [2.24, 2.45) is 0 Å². The monoisotopic (exact) mass is 390 g/mol. The number of para-hydroxylation sites is 2. The molecule has 0 bridgehead atoms. The Morgan fingerprint density at radius 1 is 1.07 bits per heavy atom. The molecule has 4 aromatic rings. The quantitative estimate of drug-likeness (QED) is 0.499. The highest BCUT2D eigenvalue weighted by atomic mass is 32.1. The number of thiazole rings is 1. The molecule has 6 heteroatoms. The number of nitrogens with one attached hydrogen (secondary N) is 1. The summed E-state index contributed by atoms with van der Waals surface area (Å²) in [7, 11) is 0. The van der Waals surface area contributed by atoms with Crippen molar-refractivity contribution >= 4 is 33.1 Å². The van der Waals surface area contributed by atoms with Crippen LogP contribution >= 0.6 is 11.3 Å². The van der Waals surface area contributed by atoms with Crippen molar-refractivity contribution in [1.29, 1.82) is 0 Å². The van der Waals surface area contributed by atoms with Crippen molar-refractivity contribution in [3.8, 4) is 22.1 Å². The molecule has 1 heterocycles. The SMILES string of the molecule is CC(Oc1ccc(-c2nc3ccccc3s2)cc1O)C(=O)Nc1ccccc1. The largest absolute Gasteiger partial charge is 0.504 e. The molecule has 4 rings (SSSR count). The highest BCUT2D eigenvalue weighted by Crippen LogP contribution is 2.35. The number of rotatable bonds is 5. The number of aromatic nitrogens is 1. The Balaban J connectivity index is 1.49. The van der Waals surface area contributed by atoms with E-state index in [1.165, 1.54) is 0 Å². The van der Waals surface area contributed by atoms with Crippen LogP contribution in [0.2, 0.25) is 0 Å². The summed E-state index contributed by atoms with van der Waals surface area (Å²) < 4.78 is 6.74. The van der Waals surface area contributed by atoms with Crippen molar-refractivity contribution in [2.75, 3.05) is 5.32 Å². The summed E-state index contributed by atoms with van der Waals surface area (Å²) in [6.45, 7) is 1.64. The predicted octanol–water partition coefficient (Wildman–Crippen LogP) is 5.07. The van der Waals surface area contributed by atoms with Gasteiger partial charge in [0.15, 0.2) is 17.6 Å². The summed E-state index contributed by atoms with van der Waals surface area (Å²) in [6, 6.07) is 22.1. The fourth-order valence-corrected chi connectivity index (χ4v) is 3.72. The molecule has 3 aromatic carbocycles. The van der Waals surface area contributed by atoms with Gasteiger partial charge in [-0.2, -0.15) is 0 Å². The van der Waals surface area contributed by atoms with Crippen LogP contribution in [-0.4, -0.2) is 22.1 Å². The number of aromatic hydroxyl groups is 1. The molecule has 28 heavy (non-hydrogen) atoms. The van der Waals surface area contributed by atoms with Gasteiger partial charge in [-0.25, -0.2) is 4.98 Å². The second-order valence-electron chi connectivity index (χ2n) is 6.28. The van der Waals surface area contributed by atoms with Crippen LogP contribution in [0.25, 0.3) is 20.8 Å². The first-order valence-corrected chi connectivity index (χ1v) is 9.63. The molecule has 0 aliphatic rings. The van der Waals surface area contributed by atoms with Crippen molar-refractivity contribution < 1.29 is 14.6 Å². The molecule has 0 aliphatic heterocycles. The van der Waals surface area contributed by atoms with Gasteiger partial charge in [0.1, 0.15) is 5.01 Å². The standard InChI is InChI=1S/C22H18N2O3S/c1-14(21(26)23-16-7-3-2-4-8-16)27-19-12-11-15(13-18(19)25)22-24-17-9-5-6-10-20(17)28-22/h2-14,25H,1H3,(H,23,26). The highest BCUT2D eigenvalue weighted by Gasteiger charge is 2.17. The summed E-state index contributed by atoms with van der Waals surface area (Å²) in [6.07, 6.45) is -0.764. The van der Waals surface area contributed by atoms with Gasteiger partial charge >= 0.3 is 0 Å². The van der Waals surface area contributed by atoms with Gasteiger partial charge in [0.05, 0.1) is 10.2 Å². The molecule has 5 nitrogen and oxygen atoms in total. The molecule has 1 amide bonds. The molecule has 1 atom stereocenters. The lowest BCUT2D eigenvalue weighted by atomic mass is 10.2. The first-order valence-electron chi connectivity index (χ1n) is 8.82. The second-order valence-corrected chi connectivity index (χ2v) is 7.32. The van der Waals surface area contributed by atoms with Crippen molar-refractivity contribution in [3.63, 3.8) is 0 Å². The van der Waals surface area contributed by atoms with E-state index in [4.69, 9.17) is 4.74 Å². The number of anilines is 1. The Labute approximate surface area is 166 Å². The number of nitrogens with zero attached hydrogens (tertiary/aromatic N) is 1. The first kappa shape index (κ1) is 18.0. The molecule has 140 valence electrons. The molecule has 0 aliphatic carbocycles. The number of ether oxygens (including phenoxy) is 1. The Kier molecular flexibility index (Phi) is 4.95. The minimum absolute atomic E-state index is 0.0314. The molecular weight excluding hydrogens is 372 g/mol. The fourth-order valence-electron chi connectivity index (χ4n) is 2.76. The summed E-state index contributed by atoms with van der Waals surface area (Å²) in [5.74, 6) is -0.0717. The molecular formula is C22H18N2O3S. The summed E-state index contributed by atoms with van der Waals surface area (Å²) in [4.78, 5) is 16.9. The maximum absolute atomic E-state index is 12.3. The van der Waals surface area contributed by atoms with Crippen LogP contribution in [0.4, 0.5) is 5.69 Å². The van der Waals surface area contributed by atoms with E-state index in [-0.39, 0.29) is 17.4 Å². The molecule has 0 saturated heterocycles. The average molecular weight is 390 g/mol.